The summed E-state index contributed by atoms with van der Waals surface area (Å²) in [5.41, 5.74) is 1.07. The van der Waals surface area contributed by atoms with Gasteiger partial charge >= 0.3 is 0 Å². The lowest BCUT2D eigenvalue weighted by Gasteiger charge is -2.20. The largest absolute Gasteiger partial charge is 0.494 e. The monoisotopic (exact) mass is 354 g/mol. The van der Waals surface area contributed by atoms with Crippen LogP contribution in [0.1, 0.15) is 37.0 Å². The molecule has 26 heavy (non-hydrogen) atoms. The molecule has 0 atom stereocenters. The summed E-state index contributed by atoms with van der Waals surface area (Å²) in [4.78, 5) is 26.5. The molecular weight excluding hydrogens is 328 g/mol. The van der Waals surface area contributed by atoms with Gasteiger partial charge < -0.3 is 15.0 Å². The topological polar surface area (TPSA) is 58.6 Å². The first-order valence-electron chi connectivity index (χ1n) is 9.01. The second-order valence-electron chi connectivity index (χ2n) is 5.84. The van der Waals surface area contributed by atoms with Gasteiger partial charge in [0.15, 0.2) is 0 Å². The summed E-state index contributed by atoms with van der Waals surface area (Å²) in [6, 6.07) is 16.6. The van der Waals surface area contributed by atoms with Gasteiger partial charge in [0, 0.05) is 19.5 Å². The van der Waals surface area contributed by atoms with Gasteiger partial charge in [0.25, 0.3) is 5.91 Å². The first kappa shape index (κ1) is 19.5. The van der Waals surface area contributed by atoms with Crippen molar-refractivity contribution in [3.63, 3.8) is 0 Å². The molecule has 0 radical (unpaired) electrons. The number of nitrogens with one attached hydrogen (secondary N) is 1. The molecule has 2 amide bonds. The van der Waals surface area contributed by atoms with Crippen LogP contribution in [0.15, 0.2) is 54.6 Å². The number of hydrogen-bond donors (Lipinski definition) is 1. The Balaban J connectivity index is 1.87. The molecular formula is C21H26N2O3. The fourth-order valence-electron chi connectivity index (χ4n) is 2.61. The van der Waals surface area contributed by atoms with Crippen LogP contribution in [0.25, 0.3) is 0 Å². The third-order valence-electron chi connectivity index (χ3n) is 4.04. The van der Waals surface area contributed by atoms with Crippen LogP contribution in [0, 0.1) is 0 Å². The molecule has 1 N–H and O–H groups in total. The number of carbonyl (C=O) groups excluding carboxylic acids is 2. The number of carbonyl (C=O) groups is 2. The minimum Gasteiger partial charge on any atom is -0.494 e. The fourth-order valence-corrected chi connectivity index (χ4v) is 2.61. The number of para-hydroxylation sites is 2. The summed E-state index contributed by atoms with van der Waals surface area (Å²) in [6.07, 6.45) is 0.938. The summed E-state index contributed by atoms with van der Waals surface area (Å²) in [7, 11) is 0. The van der Waals surface area contributed by atoms with E-state index in [1.165, 1.54) is 0 Å². The van der Waals surface area contributed by atoms with E-state index in [9.17, 15) is 9.59 Å². The van der Waals surface area contributed by atoms with Gasteiger partial charge in [0.1, 0.15) is 5.75 Å². The summed E-state index contributed by atoms with van der Waals surface area (Å²) in [6.45, 7) is 5.62. The van der Waals surface area contributed by atoms with E-state index in [0.717, 1.165) is 5.75 Å². The van der Waals surface area contributed by atoms with Crippen LogP contribution >= 0.6 is 0 Å². The molecule has 2 aromatic carbocycles. The highest BCUT2D eigenvalue weighted by atomic mass is 16.5. The zero-order chi connectivity index (χ0) is 18.8. The Hall–Kier alpha value is -2.82. The quantitative estimate of drug-likeness (QED) is 0.693. The molecule has 0 saturated heterocycles. The van der Waals surface area contributed by atoms with E-state index >= 15 is 0 Å². The predicted molar refractivity (Wildman–Crippen MR) is 103 cm³/mol. The van der Waals surface area contributed by atoms with Crippen molar-refractivity contribution < 1.29 is 14.3 Å². The third-order valence-corrected chi connectivity index (χ3v) is 4.04. The Morgan fingerprint density at radius 2 is 1.62 bits per heavy atom. The Morgan fingerprint density at radius 1 is 0.962 bits per heavy atom. The zero-order valence-electron chi connectivity index (χ0n) is 15.4. The van der Waals surface area contributed by atoms with Gasteiger partial charge in [-0.2, -0.15) is 0 Å². The van der Waals surface area contributed by atoms with Crippen molar-refractivity contribution in [2.75, 3.05) is 25.0 Å². The van der Waals surface area contributed by atoms with E-state index < -0.39 is 0 Å². The van der Waals surface area contributed by atoms with Crippen molar-refractivity contribution in [2.24, 2.45) is 0 Å². The lowest BCUT2D eigenvalue weighted by molar-refractivity contribution is -0.116. The molecule has 5 nitrogen and oxygen atoms in total. The van der Waals surface area contributed by atoms with E-state index in [1.54, 1.807) is 23.1 Å². The molecule has 0 aliphatic rings. The molecule has 138 valence electrons. The zero-order valence-corrected chi connectivity index (χ0v) is 15.4. The molecule has 0 aliphatic carbocycles. The fraction of sp³-hybridized carbons (Fsp3) is 0.333. The molecule has 0 saturated carbocycles. The number of nitrogens with zero attached hydrogens (tertiary/aromatic N) is 1. The van der Waals surface area contributed by atoms with Crippen LogP contribution in [0.4, 0.5) is 5.69 Å². The van der Waals surface area contributed by atoms with Gasteiger partial charge in [-0.25, -0.2) is 0 Å². The summed E-state index contributed by atoms with van der Waals surface area (Å²) >= 11 is 0. The molecule has 2 aromatic rings. The highest BCUT2D eigenvalue weighted by Gasteiger charge is 2.17. The van der Waals surface area contributed by atoms with Crippen LogP contribution in [0.3, 0.4) is 0 Å². The number of benzene rings is 2. The normalized spacial score (nSPS) is 10.2. The highest BCUT2D eigenvalue weighted by Crippen LogP contribution is 2.18. The van der Waals surface area contributed by atoms with E-state index in [0.29, 0.717) is 43.8 Å². The smallest absolute Gasteiger partial charge is 0.255 e. The Kier molecular flexibility index (Phi) is 7.68. The maximum Gasteiger partial charge on any atom is 0.255 e. The molecule has 2 rings (SSSR count). The van der Waals surface area contributed by atoms with Crippen LogP contribution in [-0.4, -0.2) is 36.4 Å². The number of ether oxygens (including phenoxy) is 1. The molecule has 0 aliphatic heterocycles. The number of hydrogen-bond acceptors (Lipinski definition) is 3. The van der Waals surface area contributed by atoms with Gasteiger partial charge in [-0.1, -0.05) is 30.3 Å². The lowest BCUT2D eigenvalue weighted by Crippen LogP contribution is -2.31. The molecule has 0 heterocycles. The van der Waals surface area contributed by atoms with Crippen molar-refractivity contribution >= 4 is 17.5 Å². The van der Waals surface area contributed by atoms with Crippen LogP contribution in [0.2, 0.25) is 0 Å². The van der Waals surface area contributed by atoms with Crippen LogP contribution < -0.4 is 10.1 Å². The third kappa shape index (κ3) is 5.62. The van der Waals surface area contributed by atoms with Crippen molar-refractivity contribution in [1.29, 1.82) is 0 Å². The van der Waals surface area contributed by atoms with Gasteiger partial charge in [0.05, 0.1) is 17.9 Å². The highest BCUT2D eigenvalue weighted by molar-refractivity contribution is 6.03. The lowest BCUT2D eigenvalue weighted by atomic mass is 10.1. The van der Waals surface area contributed by atoms with Gasteiger partial charge in [-0.15, -0.1) is 0 Å². The SMILES string of the molecule is CCN(CC)C(=O)c1ccccc1NC(=O)CCCOc1ccccc1. The number of amides is 2. The summed E-state index contributed by atoms with van der Waals surface area (Å²) < 4.78 is 5.59. The maximum atomic E-state index is 12.6. The van der Waals surface area contributed by atoms with E-state index in [2.05, 4.69) is 5.32 Å². The van der Waals surface area contributed by atoms with Crippen molar-refractivity contribution in [1.82, 2.24) is 4.90 Å². The van der Waals surface area contributed by atoms with E-state index in [1.807, 2.05) is 50.2 Å². The summed E-state index contributed by atoms with van der Waals surface area (Å²) in [5.74, 6) is 0.600. The molecule has 0 spiro atoms. The molecule has 5 heteroatoms. The predicted octanol–water partition coefficient (Wildman–Crippen LogP) is 3.97. The van der Waals surface area contributed by atoms with E-state index in [4.69, 9.17) is 4.74 Å². The van der Waals surface area contributed by atoms with Crippen molar-refractivity contribution in [3.8, 4) is 5.75 Å². The van der Waals surface area contributed by atoms with E-state index in [-0.39, 0.29) is 11.8 Å². The first-order valence-corrected chi connectivity index (χ1v) is 9.01. The average molecular weight is 354 g/mol. The standard InChI is InChI=1S/C21H26N2O3/c1-3-23(4-2)21(25)18-13-8-9-14-19(18)22-20(24)15-10-16-26-17-11-6-5-7-12-17/h5-9,11-14H,3-4,10,15-16H2,1-2H3,(H,22,24). The minimum absolute atomic E-state index is 0.0710. The molecule has 0 bridgehead atoms. The number of rotatable bonds is 9. The molecule has 0 fully saturated rings. The van der Waals surface area contributed by atoms with Gasteiger partial charge in [0.2, 0.25) is 5.91 Å². The second-order valence-corrected chi connectivity index (χ2v) is 5.84. The molecule has 0 unspecified atom stereocenters. The Labute approximate surface area is 155 Å². The average Bonchev–Trinajstić information content (AvgIpc) is 2.67. The number of anilines is 1. The minimum atomic E-state index is -0.124. The summed E-state index contributed by atoms with van der Waals surface area (Å²) in [5, 5.41) is 2.85. The maximum absolute atomic E-state index is 12.6. The Morgan fingerprint density at radius 3 is 2.31 bits per heavy atom. The van der Waals surface area contributed by atoms with Gasteiger partial charge in [-0.05, 0) is 44.5 Å². The van der Waals surface area contributed by atoms with Crippen LogP contribution in [-0.2, 0) is 4.79 Å². The van der Waals surface area contributed by atoms with Crippen molar-refractivity contribution in [3.05, 3.63) is 60.2 Å². The molecule has 0 aromatic heterocycles. The second kappa shape index (κ2) is 10.2. The first-order chi connectivity index (χ1) is 12.7. The van der Waals surface area contributed by atoms with Crippen LogP contribution in [0.5, 0.6) is 5.75 Å². The van der Waals surface area contributed by atoms with Crippen molar-refractivity contribution in [2.45, 2.75) is 26.7 Å². The Bertz CT molecular complexity index is 712. The van der Waals surface area contributed by atoms with Gasteiger partial charge in [-0.3, -0.25) is 9.59 Å².